The monoisotopic (exact) mass is 289 g/mol. The second kappa shape index (κ2) is 7.24. The summed E-state index contributed by atoms with van der Waals surface area (Å²) in [5, 5.41) is 3.33. The summed E-state index contributed by atoms with van der Waals surface area (Å²) in [6.07, 6.45) is 0.0519. The Morgan fingerprint density at radius 2 is 2.00 bits per heavy atom. The zero-order valence-corrected chi connectivity index (χ0v) is 11.3. The fourth-order valence-electron chi connectivity index (χ4n) is 1.26. The number of hydrogen-bond donors (Lipinski definition) is 1. The van der Waals surface area contributed by atoms with E-state index in [0.29, 0.717) is 22.2 Å². The van der Waals surface area contributed by atoms with E-state index in [0.717, 1.165) is 0 Å². The second-order valence-electron chi connectivity index (χ2n) is 3.54. The summed E-state index contributed by atoms with van der Waals surface area (Å²) in [5.74, 6) is -0.806. The smallest absolute Gasteiger partial charge is 0.310 e. The molecule has 1 amide bonds. The maximum absolute atomic E-state index is 11.4. The van der Waals surface area contributed by atoms with Crippen molar-refractivity contribution in [3.05, 3.63) is 33.8 Å². The predicted octanol–water partition coefficient (Wildman–Crippen LogP) is 2.22. The number of nitrogens with one attached hydrogen (secondary N) is 1. The van der Waals surface area contributed by atoms with Gasteiger partial charge in [0.05, 0.1) is 16.5 Å². The van der Waals surface area contributed by atoms with Crippen molar-refractivity contribution in [2.45, 2.75) is 13.3 Å². The summed E-state index contributed by atoms with van der Waals surface area (Å²) < 4.78 is 4.80. The Kier molecular flexibility index (Phi) is 5.95. The van der Waals surface area contributed by atoms with Crippen LogP contribution in [0, 0.1) is 0 Å². The van der Waals surface area contributed by atoms with E-state index in [2.05, 4.69) is 5.32 Å². The number of amides is 1. The van der Waals surface area contributed by atoms with Crippen LogP contribution in [0.4, 0.5) is 0 Å². The lowest BCUT2D eigenvalue weighted by molar-refractivity contribution is -0.147. The van der Waals surface area contributed by atoms with Gasteiger partial charge in [0.15, 0.2) is 6.61 Å². The molecule has 0 bridgehead atoms. The maximum atomic E-state index is 11.4. The molecule has 0 aromatic heterocycles. The zero-order chi connectivity index (χ0) is 13.5. The summed E-state index contributed by atoms with van der Waals surface area (Å²) in [6.45, 7) is 2.02. The van der Waals surface area contributed by atoms with Crippen molar-refractivity contribution < 1.29 is 14.3 Å². The fourth-order valence-corrected chi connectivity index (χ4v) is 1.58. The quantitative estimate of drug-likeness (QED) is 0.846. The molecule has 0 saturated carbocycles. The first kappa shape index (κ1) is 14.8. The summed E-state index contributed by atoms with van der Waals surface area (Å²) >= 11 is 11.6. The molecule has 0 radical (unpaired) electrons. The number of carbonyl (C=O) groups is 2. The lowest BCUT2D eigenvalue weighted by Gasteiger charge is -2.05. The number of carbonyl (C=O) groups excluding carboxylic acids is 2. The maximum Gasteiger partial charge on any atom is 0.310 e. The van der Waals surface area contributed by atoms with Gasteiger partial charge in [0.25, 0.3) is 5.91 Å². The number of benzene rings is 1. The van der Waals surface area contributed by atoms with E-state index in [9.17, 15) is 9.59 Å². The molecule has 1 aromatic rings. The molecule has 18 heavy (non-hydrogen) atoms. The molecule has 0 spiro atoms. The van der Waals surface area contributed by atoms with E-state index in [1.807, 2.05) is 0 Å². The Morgan fingerprint density at radius 1 is 1.28 bits per heavy atom. The Bertz CT molecular complexity index is 449. The van der Waals surface area contributed by atoms with Crippen LogP contribution in [-0.2, 0) is 20.7 Å². The Morgan fingerprint density at radius 3 is 2.61 bits per heavy atom. The predicted molar refractivity (Wildman–Crippen MR) is 69.8 cm³/mol. The first-order valence-corrected chi connectivity index (χ1v) is 6.14. The fraction of sp³-hybridized carbons (Fsp3) is 0.333. The van der Waals surface area contributed by atoms with Gasteiger partial charge in [-0.25, -0.2) is 0 Å². The molecule has 0 aliphatic rings. The standard InChI is InChI=1S/C12H13Cl2NO3/c1-2-15-11(16)7-18-12(17)6-8-3-4-9(13)10(14)5-8/h3-5H,2,6-7H2,1H3,(H,15,16). The van der Waals surface area contributed by atoms with Crippen molar-refractivity contribution in [2.75, 3.05) is 13.2 Å². The van der Waals surface area contributed by atoms with Gasteiger partial charge in [-0.1, -0.05) is 29.3 Å². The second-order valence-corrected chi connectivity index (χ2v) is 4.35. The van der Waals surface area contributed by atoms with Gasteiger partial charge in [-0.05, 0) is 24.6 Å². The molecule has 1 N–H and O–H groups in total. The minimum absolute atomic E-state index is 0.0519. The van der Waals surface area contributed by atoms with Crippen molar-refractivity contribution in [2.24, 2.45) is 0 Å². The normalized spacial score (nSPS) is 9.94. The van der Waals surface area contributed by atoms with Crippen LogP contribution in [-0.4, -0.2) is 25.0 Å². The van der Waals surface area contributed by atoms with Gasteiger partial charge in [-0.2, -0.15) is 0 Å². The highest BCUT2D eigenvalue weighted by atomic mass is 35.5. The highest BCUT2D eigenvalue weighted by Gasteiger charge is 2.09. The summed E-state index contributed by atoms with van der Waals surface area (Å²) in [5.41, 5.74) is 0.685. The first-order valence-electron chi connectivity index (χ1n) is 5.39. The molecular weight excluding hydrogens is 277 g/mol. The molecule has 1 aromatic carbocycles. The van der Waals surface area contributed by atoms with E-state index < -0.39 is 5.97 Å². The van der Waals surface area contributed by atoms with Crippen molar-refractivity contribution in [1.82, 2.24) is 5.32 Å². The number of esters is 1. The van der Waals surface area contributed by atoms with E-state index >= 15 is 0 Å². The van der Waals surface area contributed by atoms with Crippen LogP contribution in [0.1, 0.15) is 12.5 Å². The number of rotatable bonds is 5. The molecule has 0 unspecified atom stereocenters. The van der Waals surface area contributed by atoms with E-state index in [1.165, 1.54) is 0 Å². The van der Waals surface area contributed by atoms with Crippen LogP contribution in [0.25, 0.3) is 0 Å². The molecule has 0 fully saturated rings. The minimum Gasteiger partial charge on any atom is -0.455 e. The van der Waals surface area contributed by atoms with Crippen LogP contribution >= 0.6 is 23.2 Å². The molecule has 0 saturated heterocycles. The Hall–Kier alpha value is -1.26. The molecule has 0 heterocycles. The Labute approximate surface area is 115 Å². The molecule has 0 aliphatic heterocycles. The molecule has 6 heteroatoms. The number of likely N-dealkylation sites (N-methyl/N-ethyl adjacent to an activating group) is 1. The average molecular weight is 290 g/mol. The van der Waals surface area contributed by atoms with Crippen LogP contribution in [0.3, 0.4) is 0 Å². The Balaban J connectivity index is 2.44. The molecule has 0 atom stereocenters. The van der Waals surface area contributed by atoms with Crippen LogP contribution in [0.15, 0.2) is 18.2 Å². The molecule has 4 nitrogen and oxygen atoms in total. The van der Waals surface area contributed by atoms with Gasteiger partial charge in [0.2, 0.25) is 0 Å². The summed E-state index contributed by atoms with van der Waals surface area (Å²) in [7, 11) is 0. The highest BCUT2D eigenvalue weighted by Crippen LogP contribution is 2.22. The van der Waals surface area contributed by atoms with Crippen LogP contribution in [0.5, 0.6) is 0 Å². The number of halogens is 2. The van der Waals surface area contributed by atoms with Gasteiger partial charge in [-0.15, -0.1) is 0 Å². The lowest BCUT2D eigenvalue weighted by atomic mass is 10.1. The summed E-state index contributed by atoms with van der Waals surface area (Å²) in [6, 6.07) is 4.88. The number of hydrogen-bond acceptors (Lipinski definition) is 3. The molecule has 98 valence electrons. The van der Waals surface area contributed by atoms with Crippen molar-refractivity contribution in [3.63, 3.8) is 0 Å². The zero-order valence-electron chi connectivity index (χ0n) is 9.83. The largest absolute Gasteiger partial charge is 0.455 e. The van der Waals surface area contributed by atoms with Gasteiger partial charge in [0.1, 0.15) is 0 Å². The number of ether oxygens (including phenoxy) is 1. The van der Waals surface area contributed by atoms with Gasteiger partial charge in [0, 0.05) is 6.54 Å². The molecule has 1 rings (SSSR count). The van der Waals surface area contributed by atoms with E-state index in [1.54, 1.807) is 25.1 Å². The third-order valence-electron chi connectivity index (χ3n) is 2.07. The minimum atomic E-state index is -0.486. The average Bonchev–Trinajstić information content (AvgIpc) is 2.32. The van der Waals surface area contributed by atoms with Gasteiger partial charge < -0.3 is 10.1 Å². The van der Waals surface area contributed by atoms with E-state index in [4.69, 9.17) is 27.9 Å². The SMILES string of the molecule is CCNC(=O)COC(=O)Cc1ccc(Cl)c(Cl)c1. The summed E-state index contributed by atoms with van der Waals surface area (Å²) in [4.78, 5) is 22.5. The topological polar surface area (TPSA) is 55.4 Å². The van der Waals surface area contributed by atoms with Gasteiger partial charge >= 0.3 is 5.97 Å². The van der Waals surface area contributed by atoms with Crippen molar-refractivity contribution in [3.8, 4) is 0 Å². The third kappa shape index (κ3) is 4.94. The van der Waals surface area contributed by atoms with Crippen molar-refractivity contribution >= 4 is 35.1 Å². The lowest BCUT2D eigenvalue weighted by Crippen LogP contribution is -2.28. The van der Waals surface area contributed by atoms with E-state index in [-0.39, 0.29) is 18.9 Å². The van der Waals surface area contributed by atoms with Crippen LogP contribution in [0.2, 0.25) is 10.0 Å². The molecule has 0 aliphatic carbocycles. The van der Waals surface area contributed by atoms with Crippen LogP contribution < -0.4 is 5.32 Å². The third-order valence-corrected chi connectivity index (χ3v) is 2.81. The first-order chi connectivity index (χ1) is 8.52. The molecular formula is C12H13Cl2NO3. The highest BCUT2D eigenvalue weighted by molar-refractivity contribution is 6.42. The van der Waals surface area contributed by atoms with Crippen molar-refractivity contribution in [1.29, 1.82) is 0 Å². The van der Waals surface area contributed by atoms with Gasteiger partial charge in [-0.3, -0.25) is 9.59 Å².